The lowest BCUT2D eigenvalue weighted by Gasteiger charge is -2.32. The second kappa shape index (κ2) is 9.99. The molecule has 8 heteroatoms. The van der Waals surface area contributed by atoms with Gasteiger partial charge >= 0.3 is 0 Å². The number of para-hydroxylation sites is 1. The number of piperidine rings is 1. The van der Waals surface area contributed by atoms with Crippen molar-refractivity contribution in [2.45, 2.75) is 19.4 Å². The van der Waals surface area contributed by atoms with E-state index in [0.717, 1.165) is 39.0 Å². The van der Waals surface area contributed by atoms with Crippen molar-refractivity contribution in [3.05, 3.63) is 60.6 Å². The van der Waals surface area contributed by atoms with Gasteiger partial charge in [-0.3, -0.25) is 10.0 Å². The van der Waals surface area contributed by atoms with Gasteiger partial charge in [-0.05, 0) is 43.1 Å². The van der Waals surface area contributed by atoms with Gasteiger partial charge in [0.25, 0.3) is 5.91 Å². The molecule has 1 aromatic carbocycles. The van der Waals surface area contributed by atoms with Crippen LogP contribution in [0.25, 0.3) is 0 Å². The third-order valence-electron chi connectivity index (χ3n) is 5.29. The smallest absolute Gasteiger partial charge is 0.277 e. The van der Waals surface area contributed by atoms with E-state index in [9.17, 15) is 4.79 Å². The number of rotatable bonds is 8. The summed E-state index contributed by atoms with van der Waals surface area (Å²) in [6.45, 7) is 7.40. The van der Waals surface area contributed by atoms with Crippen LogP contribution in [0.2, 0.25) is 0 Å². The van der Waals surface area contributed by atoms with Gasteiger partial charge < -0.3 is 15.1 Å². The van der Waals surface area contributed by atoms with Crippen molar-refractivity contribution < 1.29 is 10.0 Å². The van der Waals surface area contributed by atoms with Crippen molar-refractivity contribution in [1.29, 1.82) is 0 Å². The lowest BCUT2D eigenvalue weighted by molar-refractivity contribution is 0.0705. The summed E-state index contributed by atoms with van der Waals surface area (Å²) in [5.41, 5.74) is 4.24. The molecule has 1 aromatic heterocycles. The van der Waals surface area contributed by atoms with Gasteiger partial charge in [0.05, 0.1) is 5.56 Å². The Balaban J connectivity index is 1.46. The Hall–Kier alpha value is -2.97. The standard InChI is InChI=1S/C21H28N6O2/c1-3-26(2)19-7-5-4-6-17(19)13-22-12-16-8-10-27(11-9-16)21-23-14-18(15-24-21)20(28)25-29/h3-7,14-16,22,29H,1,8-13H2,2H3,(H,25,28). The number of hydroxylamine groups is 1. The van der Waals surface area contributed by atoms with Gasteiger partial charge in [0, 0.05) is 44.8 Å². The average Bonchev–Trinajstić information content (AvgIpc) is 2.79. The van der Waals surface area contributed by atoms with E-state index >= 15 is 0 Å². The molecule has 0 saturated carbocycles. The number of hydrogen-bond donors (Lipinski definition) is 3. The minimum Gasteiger partial charge on any atom is -0.351 e. The Morgan fingerprint density at radius 3 is 2.66 bits per heavy atom. The summed E-state index contributed by atoms with van der Waals surface area (Å²) >= 11 is 0. The van der Waals surface area contributed by atoms with Crippen molar-refractivity contribution in [3.8, 4) is 0 Å². The zero-order valence-corrected chi connectivity index (χ0v) is 16.7. The average molecular weight is 396 g/mol. The predicted molar refractivity (Wildman–Crippen MR) is 113 cm³/mol. The van der Waals surface area contributed by atoms with Crippen molar-refractivity contribution >= 4 is 17.5 Å². The van der Waals surface area contributed by atoms with E-state index in [1.54, 1.807) is 5.48 Å². The third-order valence-corrected chi connectivity index (χ3v) is 5.29. The predicted octanol–water partition coefficient (Wildman–Crippen LogP) is 2.18. The van der Waals surface area contributed by atoms with Gasteiger partial charge in [0.1, 0.15) is 0 Å². The second-order valence-corrected chi connectivity index (χ2v) is 7.20. The largest absolute Gasteiger partial charge is 0.351 e. The molecule has 1 aliphatic heterocycles. The fourth-order valence-corrected chi connectivity index (χ4v) is 3.52. The molecule has 0 unspecified atom stereocenters. The fraction of sp³-hybridized carbons (Fsp3) is 0.381. The van der Waals surface area contributed by atoms with Crippen LogP contribution < -0.4 is 20.6 Å². The fourth-order valence-electron chi connectivity index (χ4n) is 3.52. The maximum absolute atomic E-state index is 11.4. The van der Waals surface area contributed by atoms with Crippen molar-refractivity contribution in [1.82, 2.24) is 20.8 Å². The highest BCUT2D eigenvalue weighted by atomic mass is 16.5. The molecule has 29 heavy (non-hydrogen) atoms. The lowest BCUT2D eigenvalue weighted by Crippen LogP contribution is -2.38. The number of carbonyl (C=O) groups excluding carboxylic acids is 1. The zero-order valence-electron chi connectivity index (χ0n) is 16.7. The first-order chi connectivity index (χ1) is 14.1. The normalized spacial score (nSPS) is 14.5. The van der Waals surface area contributed by atoms with Crippen molar-refractivity contribution in [2.75, 3.05) is 36.5 Å². The van der Waals surface area contributed by atoms with Crippen LogP contribution in [0.1, 0.15) is 28.8 Å². The number of nitrogens with one attached hydrogen (secondary N) is 2. The molecule has 0 aliphatic carbocycles. The molecule has 154 valence electrons. The maximum Gasteiger partial charge on any atom is 0.277 e. The van der Waals surface area contributed by atoms with Crippen molar-refractivity contribution in [3.63, 3.8) is 0 Å². The summed E-state index contributed by atoms with van der Waals surface area (Å²) in [5.74, 6) is 0.615. The van der Waals surface area contributed by atoms with E-state index in [0.29, 0.717) is 11.9 Å². The molecule has 0 bridgehead atoms. The molecule has 3 rings (SSSR count). The molecule has 1 saturated heterocycles. The Morgan fingerprint density at radius 1 is 1.31 bits per heavy atom. The lowest BCUT2D eigenvalue weighted by atomic mass is 9.97. The van der Waals surface area contributed by atoms with Gasteiger partial charge in [-0.25, -0.2) is 15.4 Å². The number of aromatic nitrogens is 2. The molecule has 0 spiro atoms. The van der Waals surface area contributed by atoms with Crippen LogP contribution in [0.4, 0.5) is 11.6 Å². The van der Waals surface area contributed by atoms with E-state index < -0.39 is 5.91 Å². The molecular weight excluding hydrogens is 368 g/mol. The van der Waals surface area contributed by atoms with Crippen molar-refractivity contribution in [2.24, 2.45) is 5.92 Å². The third kappa shape index (κ3) is 5.30. The molecule has 2 aromatic rings. The second-order valence-electron chi connectivity index (χ2n) is 7.20. The number of anilines is 2. The number of benzene rings is 1. The molecule has 1 amide bonds. The van der Waals surface area contributed by atoms with Crippen LogP contribution in [0.5, 0.6) is 0 Å². The molecule has 1 fully saturated rings. The van der Waals surface area contributed by atoms with Gasteiger partial charge in [0.15, 0.2) is 0 Å². The van der Waals surface area contributed by atoms with E-state index in [1.165, 1.54) is 23.6 Å². The summed E-state index contributed by atoms with van der Waals surface area (Å²) in [6, 6.07) is 8.35. The minimum atomic E-state index is -0.609. The molecule has 1 aliphatic rings. The summed E-state index contributed by atoms with van der Waals surface area (Å²) in [5, 5.41) is 12.2. The van der Waals surface area contributed by atoms with Crippen LogP contribution >= 0.6 is 0 Å². The van der Waals surface area contributed by atoms with Crippen LogP contribution in [0.15, 0.2) is 49.4 Å². The monoisotopic (exact) mass is 396 g/mol. The number of nitrogens with zero attached hydrogens (tertiary/aromatic N) is 4. The number of amides is 1. The Labute approximate surface area is 171 Å². The van der Waals surface area contributed by atoms with Crippen LogP contribution in [0.3, 0.4) is 0 Å². The summed E-state index contributed by atoms with van der Waals surface area (Å²) in [4.78, 5) is 24.0. The number of carbonyl (C=O) groups is 1. The van der Waals surface area contributed by atoms with Crippen LogP contribution in [-0.4, -0.2) is 47.8 Å². The first-order valence-electron chi connectivity index (χ1n) is 9.77. The molecule has 8 nitrogen and oxygen atoms in total. The van der Waals surface area contributed by atoms with Gasteiger partial charge in [-0.1, -0.05) is 24.8 Å². The first-order valence-corrected chi connectivity index (χ1v) is 9.77. The van der Waals surface area contributed by atoms with Gasteiger partial charge in [-0.15, -0.1) is 0 Å². The van der Waals surface area contributed by atoms with Crippen LogP contribution in [0, 0.1) is 5.92 Å². The number of hydrogen-bond acceptors (Lipinski definition) is 7. The Bertz CT molecular complexity index is 818. The highest BCUT2D eigenvalue weighted by Crippen LogP contribution is 2.22. The van der Waals surface area contributed by atoms with Crippen LogP contribution in [-0.2, 0) is 6.54 Å². The minimum absolute atomic E-state index is 0.234. The Morgan fingerprint density at radius 2 is 2.00 bits per heavy atom. The summed E-state index contributed by atoms with van der Waals surface area (Å²) in [7, 11) is 2.01. The van der Waals surface area contributed by atoms with E-state index in [1.807, 2.05) is 24.2 Å². The molecular formula is C21H28N6O2. The first kappa shape index (κ1) is 20.8. The van der Waals surface area contributed by atoms with E-state index in [4.69, 9.17) is 5.21 Å². The quantitative estimate of drug-likeness (QED) is 0.465. The zero-order chi connectivity index (χ0) is 20.6. The molecule has 0 atom stereocenters. The molecule has 0 radical (unpaired) electrons. The summed E-state index contributed by atoms with van der Waals surface area (Å²) in [6.07, 6.45) is 6.80. The topological polar surface area (TPSA) is 93.6 Å². The maximum atomic E-state index is 11.4. The highest BCUT2D eigenvalue weighted by molar-refractivity contribution is 5.92. The highest BCUT2D eigenvalue weighted by Gasteiger charge is 2.21. The van der Waals surface area contributed by atoms with E-state index in [2.05, 4.69) is 45.0 Å². The molecule has 2 heterocycles. The van der Waals surface area contributed by atoms with Gasteiger partial charge in [-0.2, -0.15) is 0 Å². The van der Waals surface area contributed by atoms with Gasteiger partial charge in [0.2, 0.25) is 5.95 Å². The summed E-state index contributed by atoms with van der Waals surface area (Å²) < 4.78 is 0. The molecule has 3 N–H and O–H groups in total. The Kier molecular flexibility index (Phi) is 7.15. The SMILES string of the molecule is C=CN(C)c1ccccc1CNCC1CCN(c2ncc(C(=O)NO)cn2)CC1. The van der Waals surface area contributed by atoms with E-state index in [-0.39, 0.29) is 5.56 Å².